The van der Waals surface area contributed by atoms with Crippen molar-refractivity contribution in [3.05, 3.63) is 35.4 Å². The van der Waals surface area contributed by atoms with Crippen molar-refractivity contribution in [3.8, 4) is 0 Å². The van der Waals surface area contributed by atoms with Gasteiger partial charge in [0.25, 0.3) is 0 Å². The molecule has 0 heterocycles. The summed E-state index contributed by atoms with van der Waals surface area (Å²) >= 11 is 3.35. The van der Waals surface area contributed by atoms with Crippen LogP contribution in [0.25, 0.3) is 0 Å². The molecule has 0 spiro atoms. The van der Waals surface area contributed by atoms with Crippen LogP contribution in [0, 0.1) is 0 Å². The molecule has 3 heteroatoms. The molecule has 0 aliphatic heterocycles. The fraction of sp³-hybridized carbons (Fsp3) is 0.364. The van der Waals surface area contributed by atoms with Crippen LogP contribution in [-0.4, -0.2) is 17.5 Å². The van der Waals surface area contributed by atoms with Crippen LogP contribution in [-0.2, 0) is 10.1 Å². The molecule has 0 saturated carbocycles. The van der Waals surface area contributed by atoms with E-state index >= 15 is 0 Å². The third kappa shape index (κ3) is 2.66. The number of Topliss-reactive ketones (excluding diaryl/α,β-unsaturated/α-hetero) is 1. The third-order valence-electron chi connectivity index (χ3n) is 2.27. The van der Waals surface area contributed by atoms with Gasteiger partial charge in [-0.05, 0) is 11.1 Å². The summed E-state index contributed by atoms with van der Waals surface area (Å²) in [6.07, 6.45) is 0. The molecule has 1 aromatic carbocycles. The number of hydrogen-bond acceptors (Lipinski definition) is 2. The maximum Gasteiger partial charge on any atom is 0.165 e. The predicted octanol–water partition coefficient (Wildman–Crippen LogP) is 2.25. The number of benzene rings is 1. The summed E-state index contributed by atoms with van der Waals surface area (Å²) in [5, 5.41) is 9.53. The Morgan fingerprint density at radius 3 is 2.43 bits per heavy atom. The minimum Gasteiger partial charge on any atom is -0.389 e. The Labute approximate surface area is 92.1 Å². The molecule has 14 heavy (non-hydrogen) atoms. The Morgan fingerprint density at radius 2 is 2.00 bits per heavy atom. The van der Waals surface area contributed by atoms with Crippen LogP contribution in [0.2, 0.25) is 0 Å². The minimum atomic E-state index is -0.388. The molecular weight excluding hydrogens is 244 g/mol. The summed E-state index contributed by atoms with van der Waals surface area (Å²) in [6, 6.07) is 7.81. The molecule has 0 fully saturated rings. The van der Waals surface area contributed by atoms with Gasteiger partial charge in [0.05, 0.1) is 0 Å². The zero-order valence-corrected chi connectivity index (χ0v) is 9.62. The molecule has 0 aromatic heterocycles. The average Bonchev–Trinajstić information content (AvgIpc) is 2.27. The summed E-state index contributed by atoms with van der Waals surface area (Å²) in [5.74, 6) is -0.360. The quantitative estimate of drug-likeness (QED) is 0.840. The van der Waals surface area contributed by atoms with Crippen LogP contribution in [0.5, 0.6) is 0 Å². The van der Waals surface area contributed by atoms with Crippen molar-refractivity contribution in [2.45, 2.75) is 18.2 Å². The molecule has 0 saturated heterocycles. The van der Waals surface area contributed by atoms with E-state index in [1.165, 1.54) is 5.56 Å². The van der Waals surface area contributed by atoms with E-state index in [4.69, 9.17) is 5.11 Å². The largest absolute Gasteiger partial charge is 0.389 e. The molecule has 76 valence electrons. The third-order valence-corrected chi connectivity index (χ3v) is 2.92. The van der Waals surface area contributed by atoms with E-state index in [-0.39, 0.29) is 18.3 Å². The molecule has 1 N–H and O–H groups in total. The highest BCUT2D eigenvalue weighted by atomic mass is 79.9. The van der Waals surface area contributed by atoms with Gasteiger partial charge < -0.3 is 5.11 Å². The second-order valence-corrected chi connectivity index (χ2v) is 3.78. The maximum absolute atomic E-state index is 11.2. The number of carbonyl (C=O) groups is 1. The number of rotatable bonds is 4. The highest BCUT2D eigenvalue weighted by Gasteiger charge is 2.13. The number of alkyl halides is 1. The van der Waals surface area contributed by atoms with E-state index in [0.29, 0.717) is 0 Å². The molecular formula is C11H13BrO2. The first-order valence-electron chi connectivity index (χ1n) is 4.47. The highest BCUT2D eigenvalue weighted by molar-refractivity contribution is 9.08. The van der Waals surface area contributed by atoms with E-state index < -0.39 is 0 Å². The van der Waals surface area contributed by atoms with Gasteiger partial charge in [-0.2, -0.15) is 0 Å². The van der Waals surface area contributed by atoms with Gasteiger partial charge in [0.1, 0.15) is 6.61 Å². The number of halogens is 1. The van der Waals surface area contributed by atoms with Gasteiger partial charge in [-0.3, -0.25) is 4.79 Å². The standard InChI is InChI=1S/C11H13BrO2/c1-8(11(14)7-13)10-4-2-9(6-12)3-5-10/h2-5,8,13H,6-7H2,1H3. The summed E-state index contributed by atoms with van der Waals surface area (Å²) in [4.78, 5) is 11.2. The minimum absolute atomic E-state index is 0.142. The van der Waals surface area contributed by atoms with Gasteiger partial charge in [-0.25, -0.2) is 0 Å². The first-order chi connectivity index (χ1) is 6.69. The lowest BCUT2D eigenvalue weighted by Gasteiger charge is -2.09. The van der Waals surface area contributed by atoms with Gasteiger partial charge in [-0.1, -0.05) is 47.1 Å². The Morgan fingerprint density at radius 1 is 1.43 bits per heavy atom. The molecule has 2 nitrogen and oxygen atoms in total. The van der Waals surface area contributed by atoms with Gasteiger partial charge in [0.2, 0.25) is 0 Å². The number of carbonyl (C=O) groups excluding carboxylic acids is 1. The normalized spacial score (nSPS) is 12.5. The zero-order valence-electron chi connectivity index (χ0n) is 8.03. The average molecular weight is 257 g/mol. The van der Waals surface area contributed by atoms with Crippen LogP contribution in [0.3, 0.4) is 0 Å². The Balaban J connectivity index is 2.81. The summed E-state index contributed by atoms with van der Waals surface area (Å²) < 4.78 is 0. The lowest BCUT2D eigenvalue weighted by Crippen LogP contribution is -2.12. The van der Waals surface area contributed by atoms with Crippen molar-refractivity contribution >= 4 is 21.7 Å². The first-order valence-corrected chi connectivity index (χ1v) is 5.59. The first kappa shape index (κ1) is 11.4. The fourth-order valence-corrected chi connectivity index (χ4v) is 1.59. The van der Waals surface area contributed by atoms with Crippen molar-refractivity contribution in [2.75, 3.05) is 6.61 Å². The van der Waals surface area contributed by atoms with Crippen molar-refractivity contribution in [3.63, 3.8) is 0 Å². The number of ketones is 1. The lowest BCUT2D eigenvalue weighted by atomic mass is 9.96. The molecule has 0 bridgehead atoms. The molecule has 0 aliphatic rings. The second kappa shape index (κ2) is 5.27. The van der Waals surface area contributed by atoms with Crippen molar-refractivity contribution < 1.29 is 9.90 Å². The van der Waals surface area contributed by atoms with Crippen LogP contribution in [0.4, 0.5) is 0 Å². The Hall–Kier alpha value is -0.670. The van der Waals surface area contributed by atoms with E-state index in [9.17, 15) is 4.79 Å². The second-order valence-electron chi connectivity index (χ2n) is 3.22. The summed E-state index contributed by atoms with van der Waals surface area (Å²) in [6.45, 7) is 1.42. The molecule has 0 radical (unpaired) electrons. The van der Waals surface area contributed by atoms with Gasteiger partial charge in [0.15, 0.2) is 5.78 Å². The molecule has 1 unspecified atom stereocenters. The molecule has 0 aliphatic carbocycles. The van der Waals surface area contributed by atoms with Crippen molar-refractivity contribution in [1.29, 1.82) is 0 Å². The maximum atomic E-state index is 11.2. The van der Waals surface area contributed by atoms with Gasteiger partial charge in [0, 0.05) is 11.2 Å². The van der Waals surface area contributed by atoms with Gasteiger partial charge >= 0.3 is 0 Å². The highest BCUT2D eigenvalue weighted by Crippen LogP contribution is 2.17. The summed E-state index contributed by atoms with van der Waals surface area (Å²) in [5.41, 5.74) is 2.13. The number of hydrogen-bond donors (Lipinski definition) is 1. The number of aliphatic hydroxyl groups is 1. The molecule has 1 aromatic rings. The van der Waals surface area contributed by atoms with Crippen LogP contribution >= 0.6 is 15.9 Å². The molecule has 1 atom stereocenters. The predicted molar refractivity (Wildman–Crippen MR) is 59.6 cm³/mol. The smallest absolute Gasteiger partial charge is 0.165 e. The van der Waals surface area contributed by atoms with E-state index in [0.717, 1.165) is 10.9 Å². The van der Waals surface area contributed by atoms with Crippen LogP contribution in [0.1, 0.15) is 24.0 Å². The molecule has 0 amide bonds. The SMILES string of the molecule is CC(C(=O)CO)c1ccc(CBr)cc1. The topological polar surface area (TPSA) is 37.3 Å². The van der Waals surface area contributed by atoms with Gasteiger partial charge in [-0.15, -0.1) is 0 Å². The Bertz CT molecular complexity index is 306. The lowest BCUT2D eigenvalue weighted by molar-refractivity contribution is -0.122. The van der Waals surface area contributed by atoms with Crippen molar-refractivity contribution in [2.24, 2.45) is 0 Å². The molecule has 1 rings (SSSR count). The number of aliphatic hydroxyl groups excluding tert-OH is 1. The summed E-state index contributed by atoms with van der Waals surface area (Å²) in [7, 11) is 0. The van der Waals surface area contributed by atoms with E-state index in [1.54, 1.807) is 0 Å². The van der Waals surface area contributed by atoms with Crippen LogP contribution in [0.15, 0.2) is 24.3 Å². The van der Waals surface area contributed by atoms with E-state index in [2.05, 4.69) is 15.9 Å². The van der Waals surface area contributed by atoms with Crippen LogP contribution < -0.4 is 0 Å². The monoisotopic (exact) mass is 256 g/mol. The van der Waals surface area contributed by atoms with E-state index in [1.807, 2.05) is 31.2 Å². The Kier molecular flexibility index (Phi) is 4.29. The fourth-order valence-electron chi connectivity index (χ4n) is 1.22. The zero-order chi connectivity index (χ0) is 10.6. The van der Waals surface area contributed by atoms with Crippen molar-refractivity contribution in [1.82, 2.24) is 0 Å².